The summed E-state index contributed by atoms with van der Waals surface area (Å²) < 4.78 is 4.56. The Morgan fingerprint density at radius 2 is 2.03 bits per heavy atom. The first-order valence-electron chi connectivity index (χ1n) is 10.2. The van der Waals surface area contributed by atoms with Crippen LogP contribution in [0.25, 0.3) is 0 Å². The summed E-state index contributed by atoms with van der Waals surface area (Å²) in [6, 6.07) is 5.23. The normalized spacial score (nSPS) is 19.7. The van der Waals surface area contributed by atoms with E-state index in [4.69, 9.17) is 0 Å². The highest BCUT2D eigenvalue weighted by Gasteiger charge is 2.42. The van der Waals surface area contributed by atoms with E-state index in [1.807, 2.05) is 23.1 Å². The topological polar surface area (TPSA) is 91.8 Å². The first-order chi connectivity index (χ1) is 13.9. The van der Waals surface area contributed by atoms with Crippen molar-refractivity contribution in [2.75, 3.05) is 33.3 Å². The van der Waals surface area contributed by atoms with Crippen molar-refractivity contribution in [2.24, 2.45) is 5.41 Å². The predicted molar refractivity (Wildman–Crippen MR) is 107 cm³/mol. The second-order valence-corrected chi connectivity index (χ2v) is 8.07. The molecular weight excluding hydrogens is 372 g/mol. The van der Waals surface area contributed by atoms with Gasteiger partial charge in [0.1, 0.15) is 6.04 Å². The molecule has 29 heavy (non-hydrogen) atoms. The van der Waals surface area contributed by atoms with Gasteiger partial charge in [0, 0.05) is 50.9 Å². The lowest BCUT2D eigenvalue weighted by atomic mass is 9.72. The molecule has 1 atom stereocenters. The number of hydrogen-bond donors (Lipinski definition) is 1. The number of pyridine rings is 1. The Balaban J connectivity index is 1.53. The van der Waals surface area contributed by atoms with Crippen molar-refractivity contribution in [3.63, 3.8) is 0 Å². The van der Waals surface area contributed by atoms with Gasteiger partial charge in [0.15, 0.2) is 0 Å². The molecule has 1 unspecified atom stereocenters. The number of hydrogen-bond acceptors (Lipinski definition) is 5. The molecule has 0 bridgehead atoms. The number of nitrogens with one attached hydrogen (secondary N) is 1. The molecule has 1 spiro atoms. The molecule has 158 valence electrons. The average molecular weight is 402 g/mol. The maximum absolute atomic E-state index is 12.6. The Hall–Kier alpha value is -2.64. The maximum atomic E-state index is 12.6. The van der Waals surface area contributed by atoms with Gasteiger partial charge in [-0.25, -0.2) is 4.79 Å². The summed E-state index contributed by atoms with van der Waals surface area (Å²) in [5.41, 5.74) is 1.07. The monoisotopic (exact) mass is 402 g/mol. The fraction of sp³-hybridized carbons (Fsp3) is 0.619. The minimum absolute atomic E-state index is 0.0772. The Bertz CT molecular complexity index is 731. The van der Waals surface area contributed by atoms with Gasteiger partial charge in [-0.3, -0.25) is 14.6 Å². The molecule has 1 N–H and O–H groups in total. The number of aromatic nitrogens is 1. The zero-order valence-corrected chi connectivity index (χ0v) is 17.2. The molecule has 2 fully saturated rings. The maximum Gasteiger partial charge on any atom is 0.407 e. The number of likely N-dealkylation sites (tertiary alicyclic amines) is 2. The number of rotatable bonds is 5. The van der Waals surface area contributed by atoms with E-state index in [0.717, 1.165) is 37.9 Å². The number of piperidine rings is 2. The van der Waals surface area contributed by atoms with Crippen LogP contribution in [-0.4, -0.2) is 72.0 Å². The van der Waals surface area contributed by atoms with E-state index in [9.17, 15) is 14.4 Å². The largest absolute Gasteiger partial charge is 0.453 e. The number of amides is 3. The van der Waals surface area contributed by atoms with Crippen LogP contribution in [0.2, 0.25) is 0 Å². The molecule has 2 aliphatic rings. The molecule has 0 aromatic carbocycles. The quantitative estimate of drug-likeness (QED) is 0.808. The summed E-state index contributed by atoms with van der Waals surface area (Å²) in [5.74, 6) is 0.116. The Kier molecular flexibility index (Phi) is 6.71. The summed E-state index contributed by atoms with van der Waals surface area (Å²) in [6.07, 6.45) is 5.12. The minimum atomic E-state index is -0.612. The van der Waals surface area contributed by atoms with Gasteiger partial charge in [-0.05, 0) is 43.7 Å². The molecule has 2 saturated heterocycles. The van der Waals surface area contributed by atoms with Crippen molar-refractivity contribution >= 4 is 17.9 Å². The van der Waals surface area contributed by atoms with E-state index >= 15 is 0 Å². The highest BCUT2D eigenvalue weighted by molar-refractivity contribution is 5.85. The zero-order chi connectivity index (χ0) is 20.9. The molecule has 0 aliphatic carbocycles. The van der Waals surface area contributed by atoms with Gasteiger partial charge in [-0.2, -0.15) is 0 Å². The van der Waals surface area contributed by atoms with Crippen molar-refractivity contribution in [3.8, 4) is 0 Å². The van der Waals surface area contributed by atoms with Crippen LogP contribution in [0.4, 0.5) is 4.79 Å². The van der Waals surface area contributed by atoms with E-state index in [-0.39, 0.29) is 17.2 Å². The third-order valence-electron chi connectivity index (χ3n) is 6.14. The van der Waals surface area contributed by atoms with Crippen LogP contribution in [0.1, 0.15) is 38.3 Å². The van der Waals surface area contributed by atoms with Gasteiger partial charge in [-0.15, -0.1) is 0 Å². The van der Waals surface area contributed by atoms with Gasteiger partial charge in [-0.1, -0.05) is 6.07 Å². The van der Waals surface area contributed by atoms with Crippen molar-refractivity contribution < 1.29 is 19.1 Å². The molecular formula is C21H30N4O4. The smallest absolute Gasteiger partial charge is 0.407 e. The van der Waals surface area contributed by atoms with Crippen LogP contribution in [0.15, 0.2) is 24.4 Å². The molecule has 3 rings (SSSR count). The summed E-state index contributed by atoms with van der Waals surface area (Å²) in [4.78, 5) is 44.5. The fourth-order valence-corrected chi connectivity index (χ4v) is 4.28. The van der Waals surface area contributed by atoms with E-state index < -0.39 is 12.1 Å². The SMILES string of the molecule is COC(=O)NC(C)C(=O)N1CCC2(CCC(=O)N(CCc3ccccn3)C2)CC1. The van der Waals surface area contributed by atoms with E-state index in [1.54, 1.807) is 18.0 Å². The lowest BCUT2D eigenvalue weighted by molar-refractivity contribution is -0.143. The third kappa shape index (κ3) is 5.25. The summed E-state index contributed by atoms with van der Waals surface area (Å²) in [5, 5.41) is 2.53. The molecule has 3 heterocycles. The van der Waals surface area contributed by atoms with Crippen LogP contribution >= 0.6 is 0 Å². The lowest BCUT2D eigenvalue weighted by Gasteiger charge is -2.47. The van der Waals surface area contributed by atoms with Crippen LogP contribution in [-0.2, 0) is 20.7 Å². The summed E-state index contributed by atoms with van der Waals surface area (Å²) >= 11 is 0. The molecule has 8 nitrogen and oxygen atoms in total. The van der Waals surface area contributed by atoms with E-state index in [1.165, 1.54) is 7.11 Å². The second kappa shape index (κ2) is 9.24. The van der Waals surface area contributed by atoms with Gasteiger partial charge in [0.05, 0.1) is 7.11 Å². The van der Waals surface area contributed by atoms with Crippen LogP contribution in [0, 0.1) is 5.41 Å². The Morgan fingerprint density at radius 3 is 2.69 bits per heavy atom. The molecule has 3 amide bonds. The molecule has 2 aliphatic heterocycles. The van der Waals surface area contributed by atoms with Crippen LogP contribution < -0.4 is 5.32 Å². The number of nitrogens with zero attached hydrogens (tertiary/aromatic N) is 3. The molecule has 0 radical (unpaired) electrons. The second-order valence-electron chi connectivity index (χ2n) is 8.07. The Labute approximate surface area is 171 Å². The first kappa shape index (κ1) is 21.1. The van der Waals surface area contributed by atoms with E-state index in [0.29, 0.717) is 26.1 Å². The van der Waals surface area contributed by atoms with Gasteiger partial charge < -0.3 is 19.9 Å². The number of ether oxygens (including phenoxy) is 1. The number of carbonyl (C=O) groups is 3. The first-order valence-corrected chi connectivity index (χ1v) is 10.2. The average Bonchev–Trinajstić information content (AvgIpc) is 2.75. The highest BCUT2D eigenvalue weighted by Crippen LogP contribution is 2.40. The van der Waals surface area contributed by atoms with Crippen LogP contribution in [0.5, 0.6) is 0 Å². The minimum Gasteiger partial charge on any atom is -0.453 e. The van der Waals surface area contributed by atoms with Gasteiger partial charge >= 0.3 is 6.09 Å². The summed E-state index contributed by atoms with van der Waals surface area (Å²) in [7, 11) is 1.28. The van der Waals surface area contributed by atoms with Crippen molar-refractivity contribution in [1.82, 2.24) is 20.1 Å². The van der Waals surface area contributed by atoms with Crippen molar-refractivity contribution in [2.45, 2.75) is 45.1 Å². The highest BCUT2D eigenvalue weighted by atomic mass is 16.5. The number of methoxy groups -OCH3 is 1. The molecule has 8 heteroatoms. The zero-order valence-electron chi connectivity index (χ0n) is 17.2. The Morgan fingerprint density at radius 1 is 1.28 bits per heavy atom. The molecule has 1 aromatic rings. The van der Waals surface area contributed by atoms with E-state index in [2.05, 4.69) is 15.0 Å². The third-order valence-corrected chi connectivity index (χ3v) is 6.14. The van der Waals surface area contributed by atoms with Crippen molar-refractivity contribution in [3.05, 3.63) is 30.1 Å². The molecule has 1 aromatic heterocycles. The predicted octanol–water partition coefficient (Wildman–Crippen LogP) is 1.60. The fourth-order valence-electron chi connectivity index (χ4n) is 4.28. The summed E-state index contributed by atoms with van der Waals surface area (Å²) in [6.45, 7) is 4.39. The standard InChI is InChI=1S/C21H30N4O4/c1-16(23-20(28)29-2)19(27)24-13-9-21(10-14-24)8-6-18(26)25(15-21)12-7-17-5-3-4-11-22-17/h3-5,11,16H,6-10,12-15H2,1-2H3,(H,23,28). The van der Waals surface area contributed by atoms with Gasteiger partial charge in [0.25, 0.3) is 0 Å². The van der Waals surface area contributed by atoms with Crippen LogP contribution in [0.3, 0.4) is 0 Å². The number of carbonyl (C=O) groups excluding carboxylic acids is 3. The lowest BCUT2D eigenvalue weighted by Crippen LogP contribution is -2.55. The van der Waals surface area contributed by atoms with Crippen molar-refractivity contribution in [1.29, 1.82) is 0 Å². The van der Waals surface area contributed by atoms with Gasteiger partial charge in [0.2, 0.25) is 11.8 Å². The number of alkyl carbamates (subject to hydrolysis) is 1. The molecule has 0 saturated carbocycles.